The van der Waals surface area contributed by atoms with Gasteiger partial charge < -0.3 is 15.1 Å². The van der Waals surface area contributed by atoms with Crippen LogP contribution >= 0.6 is 0 Å². The molecule has 4 heteroatoms. The zero-order valence-corrected chi connectivity index (χ0v) is 14.5. The second kappa shape index (κ2) is 7.49. The standard InChI is InChI=1S/C20H25N3O/c1-16-7-9-17(10-8-16)15-20(24)21-18-5-3-4-6-19(18)23-13-11-22(2)12-14-23/h3-10H,11-15H2,1-2H3,(H,21,24). The molecule has 126 valence electrons. The smallest absolute Gasteiger partial charge is 0.228 e. The summed E-state index contributed by atoms with van der Waals surface area (Å²) in [5, 5.41) is 3.09. The number of benzene rings is 2. The van der Waals surface area contributed by atoms with Crippen LogP contribution in [0.5, 0.6) is 0 Å². The second-order valence-electron chi connectivity index (χ2n) is 6.52. The number of likely N-dealkylation sites (N-methyl/N-ethyl adjacent to an activating group) is 1. The predicted molar refractivity (Wildman–Crippen MR) is 99.7 cm³/mol. The van der Waals surface area contributed by atoms with Crippen molar-refractivity contribution in [3.63, 3.8) is 0 Å². The van der Waals surface area contributed by atoms with E-state index in [-0.39, 0.29) is 5.91 Å². The normalized spacial score (nSPS) is 15.3. The highest BCUT2D eigenvalue weighted by Gasteiger charge is 2.17. The summed E-state index contributed by atoms with van der Waals surface area (Å²) in [6.45, 7) is 6.12. The number of rotatable bonds is 4. The summed E-state index contributed by atoms with van der Waals surface area (Å²) in [7, 11) is 2.15. The highest BCUT2D eigenvalue weighted by Crippen LogP contribution is 2.26. The van der Waals surface area contributed by atoms with E-state index in [4.69, 9.17) is 0 Å². The van der Waals surface area contributed by atoms with Gasteiger partial charge in [0.15, 0.2) is 0 Å². The number of anilines is 2. The Labute approximate surface area is 144 Å². The number of hydrogen-bond donors (Lipinski definition) is 1. The molecule has 4 nitrogen and oxygen atoms in total. The second-order valence-corrected chi connectivity index (χ2v) is 6.52. The fourth-order valence-electron chi connectivity index (χ4n) is 2.99. The van der Waals surface area contributed by atoms with Gasteiger partial charge in [0.2, 0.25) is 5.91 Å². The lowest BCUT2D eigenvalue weighted by Gasteiger charge is -2.35. The molecule has 2 aromatic rings. The van der Waals surface area contributed by atoms with E-state index in [1.165, 1.54) is 5.56 Å². The summed E-state index contributed by atoms with van der Waals surface area (Å²) >= 11 is 0. The van der Waals surface area contributed by atoms with Crippen LogP contribution in [0, 0.1) is 6.92 Å². The minimum Gasteiger partial charge on any atom is -0.367 e. The first-order valence-corrected chi connectivity index (χ1v) is 8.50. The van der Waals surface area contributed by atoms with Crippen LogP contribution in [0.15, 0.2) is 48.5 Å². The molecule has 1 saturated heterocycles. The molecule has 0 saturated carbocycles. The Balaban J connectivity index is 1.68. The topological polar surface area (TPSA) is 35.6 Å². The molecule has 1 aliphatic rings. The maximum absolute atomic E-state index is 12.4. The molecular formula is C20H25N3O. The molecule has 0 bridgehead atoms. The van der Waals surface area contributed by atoms with E-state index in [1.54, 1.807) is 0 Å². The maximum atomic E-state index is 12.4. The largest absolute Gasteiger partial charge is 0.367 e. The molecule has 3 rings (SSSR count). The molecule has 0 atom stereocenters. The summed E-state index contributed by atoms with van der Waals surface area (Å²) in [4.78, 5) is 17.1. The molecule has 0 spiro atoms. The fraction of sp³-hybridized carbons (Fsp3) is 0.350. The van der Waals surface area contributed by atoms with Gasteiger partial charge in [0.25, 0.3) is 0 Å². The van der Waals surface area contributed by atoms with E-state index in [1.807, 2.05) is 42.5 Å². The van der Waals surface area contributed by atoms with Crippen molar-refractivity contribution in [3.05, 3.63) is 59.7 Å². The van der Waals surface area contributed by atoms with Crippen molar-refractivity contribution >= 4 is 17.3 Å². The third kappa shape index (κ3) is 4.15. The van der Waals surface area contributed by atoms with Crippen LogP contribution in [0.2, 0.25) is 0 Å². The van der Waals surface area contributed by atoms with E-state index >= 15 is 0 Å². The molecule has 0 aromatic heterocycles. The Morgan fingerprint density at radius 1 is 1.00 bits per heavy atom. The van der Waals surface area contributed by atoms with Crippen molar-refractivity contribution in [2.75, 3.05) is 43.4 Å². The van der Waals surface area contributed by atoms with Crippen molar-refractivity contribution in [3.8, 4) is 0 Å². The van der Waals surface area contributed by atoms with Gasteiger partial charge in [0.1, 0.15) is 0 Å². The van der Waals surface area contributed by atoms with Gasteiger partial charge in [-0.15, -0.1) is 0 Å². The lowest BCUT2D eigenvalue weighted by atomic mass is 10.1. The lowest BCUT2D eigenvalue weighted by molar-refractivity contribution is -0.115. The molecule has 1 N–H and O–H groups in total. The number of hydrogen-bond acceptors (Lipinski definition) is 3. The van der Waals surface area contributed by atoms with Gasteiger partial charge in [0.05, 0.1) is 17.8 Å². The molecule has 1 aliphatic heterocycles. The average molecular weight is 323 g/mol. The number of piperazine rings is 1. The van der Waals surface area contributed by atoms with Crippen molar-refractivity contribution < 1.29 is 4.79 Å². The molecule has 24 heavy (non-hydrogen) atoms. The average Bonchev–Trinajstić information content (AvgIpc) is 2.58. The maximum Gasteiger partial charge on any atom is 0.228 e. The van der Waals surface area contributed by atoms with Crippen LogP contribution in [0.3, 0.4) is 0 Å². The third-order valence-corrected chi connectivity index (χ3v) is 4.51. The minimum absolute atomic E-state index is 0.0282. The fourth-order valence-corrected chi connectivity index (χ4v) is 2.99. The molecule has 1 amide bonds. The summed E-state index contributed by atoms with van der Waals surface area (Å²) in [6, 6.07) is 16.2. The SMILES string of the molecule is Cc1ccc(CC(=O)Nc2ccccc2N2CCN(C)CC2)cc1. The number of nitrogens with one attached hydrogen (secondary N) is 1. The van der Waals surface area contributed by atoms with E-state index in [0.29, 0.717) is 6.42 Å². The quantitative estimate of drug-likeness (QED) is 0.940. The number of carbonyl (C=O) groups is 1. The lowest BCUT2D eigenvalue weighted by Crippen LogP contribution is -2.44. The minimum atomic E-state index is 0.0282. The molecule has 2 aromatic carbocycles. The summed E-state index contributed by atoms with van der Waals surface area (Å²) < 4.78 is 0. The van der Waals surface area contributed by atoms with E-state index < -0.39 is 0 Å². The van der Waals surface area contributed by atoms with Gasteiger partial charge in [-0.05, 0) is 31.7 Å². The van der Waals surface area contributed by atoms with E-state index in [9.17, 15) is 4.79 Å². The first-order chi connectivity index (χ1) is 11.6. The predicted octanol–water partition coefficient (Wildman–Crippen LogP) is 2.93. The van der Waals surface area contributed by atoms with Crippen molar-refractivity contribution in [1.82, 2.24) is 4.90 Å². The zero-order valence-electron chi connectivity index (χ0n) is 14.5. The summed E-state index contributed by atoms with van der Waals surface area (Å²) in [6.07, 6.45) is 0.400. The Bertz CT molecular complexity index is 688. The first kappa shape index (κ1) is 16.5. The Morgan fingerprint density at radius 3 is 2.38 bits per heavy atom. The van der Waals surface area contributed by atoms with Crippen LogP contribution in [0.4, 0.5) is 11.4 Å². The van der Waals surface area contributed by atoms with E-state index in [0.717, 1.165) is 43.1 Å². The van der Waals surface area contributed by atoms with Gasteiger partial charge in [-0.2, -0.15) is 0 Å². The number of carbonyl (C=O) groups excluding carboxylic acids is 1. The zero-order chi connectivity index (χ0) is 16.9. The van der Waals surface area contributed by atoms with E-state index in [2.05, 4.69) is 35.2 Å². The van der Waals surface area contributed by atoms with Gasteiger partial charge in [-0.1, -0.05) is 42.0 Å². The molecule has 0 unspecified atom stereocenters. The third-order valence-electron chi connectivity index (χ3n) is 4.51. The number of amides is 1. The van der Waals surface area contributed by atoms with Crippen LogP contribution in [0.25, 0.3) is 0 Å². The van der Waals surface area contributed by atoms with Gasteiger partial charge in [0, 0.05) is 26.2 Å². The van der Waals surface area contributed by atoms with Crippen molar-refractivity contribution in [1.29, 1.82) is 0 Å². The molecule has 0 aliphatic carbocycles. The molecule has 1 heterocycles. The van der Waals surface area contributed by atoms with Gasteiger partial charge in [-0.3, -0.25) is 4.79 Å². The van der Waals surface area contributed by atoms with Crippen molar-refractivity contribution in [2.45, 2.75) is 13.3 Å². The summed E-state index contributed by atoms with van der Waals surface area (Å²) in [5.41, 5.74) is 4.26. The van der Waals surface area contributed by atoms with Crippen molar-refractivity contribution in [2.24, 2.45) is 0 Å². The monoisotopic (exact) mass is 323 g/mol. The molecular weight excluding hydrogens is 298 g/mol. The number of nitrogens with zero attached hydrogens (tertiary/aromatic N) is 2. The van der Waals surface area contributed by atoms with Crippen LogP contribution < -0.4 is 10.2 Å². The number of aryl methyl sites for hydroxylation is 1. The van der Waals surface area contributed by atoms with Crippen LogP contribution in [-0.2, 0) is 11.2 Å². The first-order valence-electron chi connectivity index (χ1n) is 8.50. The molecule has 0 radical (unpaired) electrons. The highest BCUT2D eigenvalue weighted by atomic mass is 16.1. The Morgan fingerprint density at radius 2 is 1.67 bits per heavy atom. The number of para-hydroxylation sites is 2. The highest BCUT2D eigenvalue weighted by molar-refractivity contribution is 5.95. The Kier molecular flexibility index (Phi) is 5.16. The molecule has 1 fully saturated rings. The van der Waals surface area contributed by atoms with Gasteiger partial charge >= 0.3 is 0 Å². The van der Waals surface area contributed by atoms with Gasteiger partial charge in [-0.25, -0.2) is 0 Å². The van der Waals surface area contributed by atoms with Crippen LogP contribution in [0.1, 0.15) is 11.1 Å². The van der Waals surface area contributed by atoms with Crippen LogP contribution in [-0.4, -0.2) is 44.0 Å². The Hall–Kier alpha value is -2.33. The summed E-state index contributed by atoms with van der Waals surface area (Å²) in [5.74, 6) is 0.0282.